The molecule has 0 spiro atoms. The summed E-state index contributed by atoms with van der Waals surface area (Å²) in [5.41, 5.74) is 0.712. The molecule has 24 heavy (non-hydrogen) atoms. The number of nitrogens with zero attached hydrogens (tertiary/aromatic N) is 1. The zero-order valence-corrected chi connectivity index (χ0v) is 13.3. The number of carbonyl (C=O) groups excluding carboxylic acids is 1. The van der Waals surface area contributed by atoms with Crippen molar-refractivity contribution in [3.8, 4) is 5.75 Å². The molecular weight excluding hydrogens is 334 g/mol. The molecule has 3 aromatic rings. The Morgan fingerprint density at radius 2 is 2.08 bits per heavy atom. The number of halogens is 1. The number of benzene rings is 2. The Morgan fingerprint density at radius 3 is 2.75 bits per heavy atom. The Balaban J connectivity index is 1.94. The lowest BCUT2D eigenvalue weighted by atomic mass is 10.2. The van der Waals surface area contributed by atoms with Gasteiger partial charge >= 0.3 is 0 Å². The third-order valence-corrected chi connectivity index (χ3v) is 3.81. The summed E-state index contributed by atoms with van der Waals surface area (Å²) in [4.78, 5) is 25.9. The number of nitro groups is 1. The van der Waals surface area contributed by atoms with Crippen LogP contribution in [0.1, 0.15) is 10.5 Å². The standard InChI is InChI=1S/C16H12ClN3O4/c1-24-10-5-6-12(14(8-10)20(22)23)19-16(21)13-7-9-3-2-4-11(17)15(9)18-13/h2-8,18H,1H3,(H,19,21). The van der Waals surface area contributed by atoms with Gasteiger partial charge in [-0.3, -0.25) is 14.9 Å². The molecule has 3 rings (SSSR count). The monoisotopic (exact) mass is 345 g/mol. The van der Waals surface area contributed by atoms with Crippen molar-refractivity contribution in [3.63, 3.8) is 0 Å². The molecule has 2 aromatic carbocycles. The molecule has 0 aliphatic rings. The number of hydrogen-bond acceptors (Lipinski definition) is 4. The van der Waals surface area contributed by atoms with Gasteiger partial charge in [-0.2, -0.15) is 0 Å². The molecule has 0 unspecified atom stereocenters. The number of fused-ring (bicyclic) bond motifs is 1. The van der Waals surface area contributed by atoms with E-state index in [2.05, 4.69) is 10.3 Å². The predicted molar refractivity (Wildman–Crippen MR) is 90.9 cm³/mol. The molecule has 1 heterocycles. The van der Waals surface area contributed by atoms with E-state index in [1.807, 2.05) is 6.07 Å². The fourth-order valence-corrected chi connectivity index (χ4v) is 2.56. The van der Waals surface area contributed by atoms with E-state index >= 15 is 0 Å². The fraction of sp³-hybridized carbons (Fsp3) is 0.0625. The van der Waals surface area contributed by atoms with Crippen LogP contribution in [0, 0.1) is 10.1 Å². The Labute approximate surface area is 141 Å². The van der Waals surface area contributed by atoms with Gasteiger partial charge in [0.15, 0.2) is 0 Å². The minimum Gasteiger partial charge on any atom is -0.496 e. The van der Waals surface area contributed by atoms with Crippen LogP contribution in [0.2, 0.25) is 5.02 Å². The average molecular weight is 346 g/mol. The summed E-state index contributed by atoms with van der Waals surface area (Å²) < 4.78 is 4.96. The molecule has 1 amide bonds. The van der Waals surface area contributed by atoms with Crippen LogP contribution in [0.5, 0.6) is 5.75 Å². The molecule has 0 saturated carbocycles. The van der Waals surface area contributed by atoms with Crippen LogP contribution in [0.25, 0.3) is 10.9 Å². The average Bonchev–Trinajstić information content (AvgIpc) is 3.01. The summed E-state index contributed by atoms with van der Waals surface area (Å²) in [6, 6.07) is 11.1. The van der Waals surface area contributed by atoms with Gasteiger partial charge in [0.2, 0.25) is 0 Å². The number of rotatable bonds is 4. The van der Waals surface area contributed by atoms with E-state index in [4.69, 9.17) is 16.3 Å². The fourth-order valence-electron chi connectivity index (χ4n) is 2.33. The predicted octanol–water partition coefficient (Wildman–Crippen LogP) is 3.99. The summed E-state index contributed by atoms with van der Waals surface area (Å²) >= 11 is 6.07. The molecule has 0 saturated heterocycles. The number of methoxy groups -OCH3 is 1. The van der Waals surface area contributed by atoms with Gasteiger partial charge in [0, 0.05) is 5.39 Å². The van der Waals surface area contributed by atoms with Crippen molar-refractivity contribution in [2.45, 2.75) is 0 Å². The van der Waals surface area contributed by atoms with Gasteiger partial charge in [0.25, 0.3) is 11.6 Å². The van der Waals surface area contributed by atoms with Crippen LogP contribution in [0.4, 0.5) is 11.4 Å². The number of nitrogens with one attached hydrogen (secondary N) is 2. The number of H-pyrrole nitrogens is 1. The van der Waals surface area contributed by atoms with Crippen LogP contribution >= 0.6 is 11.6 Å². The largest absolute Gasteiger partial charge is 0.496 e. The van der Waals surface area contributed by atoms with Crippen LogP contribution in [-0.2, 0) is 0 Å². The highest BCUT2D eigenvalue weighted by Crippen LogP contribution is 2.30. The number of ether oxygens (including phenoxy) is 1. The molecule has 0 fully saturated rings. The summed E-state index contributed by atoms with van der Waals surface area (Å²) in [5, 5.41) is 15.0. The summed E-state index contributed by atoms with van der Waals surface area (Å²) in [6.45, 7) is 0. The number of aromatic nitrogens is 1. The van der Waals surface area contributed by atoms with Gasteiger partial charge in [-0.15, -0.1) is 0 Å². The number of aromatic amines is 1. The van der Waals surface area contributed by atoms with Gasteiger partial charge in [-0.25, -0.2) is 0 Å². The van der Waals surface area contributed by atoms with E-state index < -0.39 is 10.8 Å². The molecule has 0 aliphatic carbocycles. The maximum atomic E-state index is 12.4. The third kappa shape index (κ3) is 2.89. The highest BCUT2D eigenvalue weighted by atomic mass is 35.5. The first-order valence-electron chi connectivity index (χ1n) is 6.90. The van der Waals surface area contributed by atoms with Crippen molar-refractivity contribution in [2.75, 3.05) is 12.4 Å². The number of carbonyl (C=O) groups is 1. The van der Waals surface area contributed by atoms with E-state index in [0.717, 1.165) is 5.39 Å². The lowest BCUT2D eigenvalue weighted by molar-refractivity contribution is -0.384. The Bertz CT molecular complexity index is 952. The van der Waals surface area contributed by atoms with Crippen LogP contribution < -0.4 is 10.1 Å². The summed E-state index contributed by atoms with van der Waals surface area (Å²) in [5.74, 6) is -0.173. The van der Waals surface area contributed by atoms with Crippen molar-refractivity contribution < 1.29 is 14.5 Å². The quantitative estimate of drug-likeness (QED) is 0.551. The second-order valence-corrected chi connectivity index (χ2v) is 5.39. The number of anilines is 1. The topological polar surface area (TPSA) is 97.3 Å². The van der Waals surface area contributed by atoms with E-state index in [0.29, 0.717) is 16.3 Å². The molecule has 0 atom stereocenters. The summed E-state index contributed by atoms with van der Waals surface area (Å²) in [6.07, 6.45) is 0. The van der Waals surface area contributed by atoms with Gasteiger partial charge in [-0.05, 0) is 24.3 Å². The van der Waals surface area contributed by atoms with Crippen molar-refractivity contribution in [1.29, 1.82) is 0 Å². The zero-order valence-electron chi connectivity index (χ0n) is 12.5. The Morgan fingerprint density at radius 1 is 1.29 bits per heavy atom. The highest BCUT2D eigenvalue weighted by molar-refractivity contribution is 6.35. The van der Waals surface area contributed by atoms with E-state index in [9.17, 15) is 14.9 Å². The number of hydrogen-bond donors (Lipinski definition) is 2. The van der Waals surface area contributed by atoms with Crippen LogP contribution in [-0.4, -0.2) is 22.9 Å². The number of amides is 1. The van der Waals surface area contributed by atoms with E-state index in [1.165, 1.54) is 25.3 Å². The molecule has 0 bridgehead atoms. The smallest absolute Gasteiger partial charge is 0.296 e. The lowest BCUT2D eigenvalue weighted by Gasteiger charge is -2.06. The molecular formula is C16H12ClN3O4. The molecule has 1 aromatic heterocycles. The van der Waals surface area contributed by atoms with Crippen molar-refractivity contribution in [1.82, 2.24) is 4.98 Å². The van der Waals surface area contributed by atoms with E-state index in [-0.39, 0.29) is 17.1 Å². The molecule has 0 radical (unpaired) electrons. The molecule has 7 nitrogen and oxygen atoms in total. The minimum absolute atomic E-state index is 0.0792. The van der Waals surface area contributed by atoms with Gasteiger partial charge in [-0.1, -0.05) is 23.7 Å². The lowest BCUT2D eigenvalue weighted by Crippen LogP contribution is -2.13. The maximum Gasteiger partial charge on any atom is 0.296 e. The normalized spacial score (nSPS) is 10.6. The molecule has 2 N–H and O–H groups in total. The third-order valence-electron chi connectivity index (χ3n) is 3.50. The molecule has 0 aliphatic heterocycles. The molecule has 122 valence electrons. The zero-order chi connectivity index (χ0) is 17.3. The van der Waals surface area contributed by atoms with Crippen molar-refractivity contribution in [3.05, 3.63) is 63.3 Å². The maximum absolute atomic E-state index is 12.4. The van der Waals surface area contributed by atoms with E-state index in [1.54, 1.807) is 18.2 Å². The highest BCUT2D eigenvalue weighted by Gasteiger charge is 2.19. The van der Waals surface area contributed by atoms with Crippen LogP contribution in [0.3, 0.4) is 0 Å². The Kier molecular flexibility index (Phi) is 4.09. The number of para-hydroxylation sites is 1. The summed E-state index contributed by atoms with van der Waals surface area (Å²) in [7, 11) is 1.41. The van der Waals surface area contributed by atoms with Crippen molar-refractivity contribution >= 4 is 39.8 Å². The first-order chi connectivity index (χ1) is 11.5. The first-order valence-corrected chi connectivity index (χ1v) is 7.28. The van der Waals surface area contributed by atoms with Crippen LogP contribution in [0.15, 0.2) is 42.5 Å². The Hall–Kier alpha value is -3.06. The van der Waals surface area contributed by atoms with Gasteiger partial charge < -0.3 is 15.0 Å². The van der Waals surface area contributed by atoms with Crippen molar-refractivity contribution in [2.24, 2.45) is 0 Å². The molecule has 8 heteroatoms. The van der Waals surface area contributed by atoms with Gasteiger partial charge in [0.1, 0.15) is 17.1 Å². The first kappa shape index (κ1) is 15.8. The second-order valence-electron chi connectivity index (χ2n) is 4.98. The SMILES string of the molecule is COc1ccc(NC(=O)c2cc3cccc(Cl)c3[nH]2)c([N+](=O)[O-])c1. The number of nitro benzene ring substituents is 1. The minimum atomic E-state index is -0.583. The second kappa shape index (κ2) is 6.21. The van der Waals surface area contributed by atoms with Gasteiger partial charge in [0.05, 0.1) is 28.6 Å².